The first-order valence-electron chi connectivity index (χ1n) is 8.16. The van der Waals surface area contributed by atoms with Gasteiger partial charge in [-0.25, -0.2) is 0 Å². The summed E-state index contributed by atoms with van der Waals surface area (Å²) in [4.78, 5) is 12.0. The van der Waals surface area contributed by atoms with E-state index in [1.54, 1.807) is 12.1 Å². The van der Waals surface area contributed by atoms with Gasteiger partial charge in [0.25, 0.3) is 5.91 Å². The quantitative estimate of drug-likeness (QED) is 0.619. The Morgan fingerprint density at radius 2 is 1.83 bits per heavy atom. The van der Waals surface area contributed by atoms with Crippen LogP contribution in [0.4, 0.5) is 5.69 Å². The molecule has 0 fully saturated rings. The van der Waals surface area contributed by atoms with Gasteiger partial charge in [-0.3, -0.25) is 4.79 Å². The molecule has 24 heavy (non-hydrogen) atoms. The summed E-state index contributed by atoms with van der Waals surface area (Å²) >= 11 is 0. The van der Waals surface area contributed by atoms with Crippen LogP contribution in [0.5, 0.6) is 5.75 Å². The third-order valence-electron chi connectivity index (χ3n) is 3.64. The lowest BCUT2D eigenvalue weighted by Crippen LogP contribution is -2.36. The van der Waals surface area contributed by atoms with E-state index in [0.717, 1.165) is 11.4 Å². The largest absolute Gasteiger partial charge is 0.492 e. The van der Waals surface area contributed by atoms with Gasteiger partial charge in [-0.05, 0) is 42.8 Å². The number of amides is 1. The van der Waals surface area contributed by atoms with Crippen LogP contribution in [0.25, 0.3) is 0 Å². The Morgan fingerprint density at radius 3 is 2.46 bits per heavy atom. The molecule has 0 aliphatic rings. The molecule has 128 valence electrons. The number of anilines is 1. The van der Waals surface area contributed by atoms with Crippen LogP contribution in [-0.2, 0) is 0 Å². The van der Waals surface area contributed by atoms with E-state index < -0.39 is 0 Å². The Kier molecular flexibility index (Phi) is 7.11. The summed E-state index contributed by atoms with van der Waals surface area (Å²) in [6, 6.07) is 16.7. The van der Waals surface area contributed by atoms with E-state index in [4.69, 9.17) is 9.84 Å². The first kappa shape index (κ1) is 17.8. The van der Waals surface area contributed by atoms with Crippen molar-refractivity contribution in [2.45, 2.75) is 19.4 Å². The fraction of sp³-hybridized carbons (Fsp3) is 0.316. The molecule has 2 rings (SSSR count). The number of nitrogens with one attached hydrogen (secondary N) is 2. The van der Waals surface area contributed by atoms with Crippen molar-refractivity contribution in [2.75, 3.05) is 25.1 Å². The number of aliphatic hydroxyl groups is 1. The van der Waals surface area contributed by atoms with E-state index >= 15 is 0 Å². The molecule has 0 saturated carbocycles. The fourth-order valence-electron chi connectivity index (χ4n) is 2.17. The molecule has 0 aromatic heterocycles. The molecule has 0 spiro atoms. The number of aliphatic hydroxyl groups excluding tert-OH is 1. The summed E-state index contributed by atoms with van der Waals surface area (Å²) in [7, 11) is 0. The van der Waals surface area contributed by atoms with Gasteiger partial charge in [0.2, 0.25) is 0 Å². The molecule has 0 aliphatic heterocycles. The van der Waals surface area contributed by atoms with Gasteiger partial charge in [0, 0.05) is 17.8 Å². The molecule has 0 aliphatic carbocycles. The van der Waals surface area contributed by atoms with E-state index in [9.17, 15) is 4.79 Å². The van der Waals surface area contributed by atoms with Crippen molar-refractivity contribution in [1.82, 2.24) is 5.32 Å². The third-order valence-corrected chi connectivity index (χ3v) is 3.64. The van der Waals surface area contributed by atoms with Crippen LogP contribution in [-0.4, -0.2) is 36.8 Å². The van der Waals surface area contributed by atoms with Gasteiger partial charge >= 0.3 is 0 Å². The SMILES string of the molecule is CCC(CO)NC(=O)c1ccc(NCCOc2ccccc2)cc1. The van der Waals surface area contributed by atoms with E-state index in [-0.39, 0.29) is 18.6 Å². The molecule has 5 heteroatoms. The summed E-state index contributed by atoms with van der Waals surface area (Å²) < 4.78 is 5.61. The smallest absolute Gasteiger partial charge is 0.251 e. The third kappa shape index (κ3) is 5.59. The normalized spacial score (nSPS) is 11.6. The second-order valence-electron chi connectivity index (χ2n) is 5.43. The van der Waals surface area contributed by atoms with Gasteiger partial charge in [-0.2, -0.15) is 0 Å². The number of para-hydroxylation sites is 1. The van der Waals surface area contributed by atoms with Gasteiger partial charge in [0.05, 0.1) is 12.6 Å². The topological polar surface area (TPSA) is 70.6 Å². The molecule has 1 unspecified atom stereocenters. The van der Waals surface area contributed by atoms with Crippen molar-refractivity contribution in [2.24, 2.45) is 0 Å². The zero-order valence-electron chi connectivity index (χ0n) is 13.9. The van der Waals surface area contributed by atoms with Crippen LogP contribution in [0.15, 0.2) is 54.6 Å². The lowest BCUT2D eigenvalue weighted by atomic mass is 10.1. The van der Waals surface area contributed by atoms with Crippen LogP contribution in [0, 0.1) is 0 Å². The number of hydrogen-bond acceptors (Lipinski definition) is 4. The number of ether oxygens (including phenoxy) is 1. The van der Waals surface area contributed by atoms with Gasteiger partial charge in [-0.15, -0.1) is 0 Å². The van der Waals surface area contributed by atoms with Crippen molar-refractivity contribution >= 4 is 11.6 Å². The number of benzene rings is 2. The van der Waals surface area contributed by atoms with Crippen LogP contribution in [0.3, 0.4) is 0 Å². The summed E-state index contributed by atoms with van der Waals surface area (Å²) in [5.41, 5.74) is 1.50. The molecule has 0 bridgehead atoms. The molecule has 0 radical (unpaired) electrons. The average Bonchev–Trinajstić information content (AvgIpc) is 2.64. The highest BCUT2D eigenvalue weighted by Crippen LogP contribution is 2.11. The Hall–Kier alpha value is -2.53. The highest BCUT2D eigenvalue weighted by Gasteiger charge is 2.10. The molecule has 3 N–H and O–H groups in total. The molecule has 1 atom stereocenters. The lowest BCUT2D eigenvalue weighted by molar-refractivity contribution is 0.0915. The van der Waals surface area contributed by atoms with Crippen molar-refractivity contribution in [3.05, 3.63) is 60.2 Å². The summed E-state index contributed by atoms with van der Waals surface area (Å²) in [6.45, 7) is 3.10. The molecule has 2 aromatic rings. The lowest BCUT2D eigenvalue weighted by Gasteiger charge is -2.14. The number of hydrogen-bond donors (Lipinski definition) is 3. The number of carbonyl (C=O) groups excluding carboxylic acids is 1. The summed E-state index contributed by atoms with van der Waals surface area (Å²) in [5, 5.41) is 15.2. The van der Waals surface area contributed by atoms with Crippen molar-refractivity contribution in [3.8, 4) is 5.75 Å². The predicted molar refractivity (Wildman–Crippen MR) is 95.5 cm³/mol. The second-order valence-corrected chi connectivity index (χ2v) is 5.43. The van der Waals surface area contributed by atoms with E-state index in [1.807, 2.05) is 49.4 Å². The maximum atomic E-state index is 12.0. The first-order chi connectivity index (χ1) is 11.7. The Bertz CT molecular complexity index is 610. The van der Waals surface area contributed by atoms with Crippen LogP contribution < -0.4 is 15.4 Å². The molecule has 0 saturated heterocycles. The summed E-state index contributed by atoms with van der Waals surface area (Å²) in [6.07, 6.45) is 0.698. The van der Waals surface area contributed by atoms with Crippen molar-refractivity contribution in [1.29, 1.82) is 0 Å². The van der Waals surface area contributed by atoms with Gasteiger partial charge < -0.3 is 20.5 Å². The van der Waals surface area contributed by atoms with Crippen molar-refractivity contribution in [3.63, 3.8) is 0 Å². The molecule has 5 nitrogen and oxygen atoms in total. The number of rotatable bonds is 9. The molecular weight excluding hydrogens is 304 g/mol. The molecule has 1 amide bonds. The second kappa shape index (κ2) is 9.57. The standard InChI is InChI=1S/C19H24N2O3/c1-2-16(14-22)21-19(23)15-8-10-17(11-9-15)20-12-13-24-18-6-4-3-5-7-18/h3-11,16,20,22H,2,12-14H2,1H3,(H,21,23). The van der Waals surface area contributed by atoms with E-state index in [0.29, 0.717) is 25.1 Å². The zero-order chi connectivity index (χ0) is 17.2. The molecular formula is C19H24N2O3. The van der Waals surface area contributed by atoms with Crippen LogP contribution in [0.1, 0.15) is 23.7 Å². The maximum absolute atomic E-state index is 12.0. The molecule has 0 heterocycles. The van der Waals surface area contributed by atoms with E-state index in [1.165, 1.54) is 0 Å². The van der Waals surface area contributed by atoms with E-state index in [2.05, 4.69) is 10.6 Å². The highest BCUT2D eigenvalue weighted by molar-refractivity contribution is 5.94. The van der Waals surface area contributed by atoms with Crippen LogP contribution >= 0.6 is 0 Å². The Balaban J connectivity index is 1.76. The minimum absolute atomic E-state index is 0.0523. The minimum atomic E-state index is -0.203. The van der Waals surface area contributed by atoms with Crippen molar-refractivity contribution < 1.29 is 14.6 Å². The number of carbonyl (C=O) groups is 1. The van der Waals surface area contributed by atoms with Gasteiger partial charge in [0.15, 0.2) is 0 Å². The predicted octanol–water partition coefficient (Wildman–Crippen LogP) is 2.68. The van der Waals surface area contributed by atoms with Crippen LogP contribution in [0.2, 0.25) is 0 Å². The van der Waals surface area contributed by atoms with Gasteiger partial charge in [-0.1, -0.05) is 25.1 Å². The fourth-order valence-corrected chi connectivity index (χ4v) is 2.17. The summed E-state index contributed by atoms with van der Waals surface area (Å²) in [5.74, 6) is 0.676. The van der Waals surface area contributed by atoms with Gasteiger partial charge in [0.1, 0.15) is 12.4 Å². The zero-order valence-corrected chi connectivity index (χ0v) is 13.9. The Morgan fingerprint density at radius 1 is 1.12 bits per heavy atom. The average molecular weight is 328 g/mol. The monoisotopic (exact) mass is 328 g/mol. The first-order valence-corrected chi connectivity index (χ1v) is 8.16. The minimum Gasteiger partial charge on any atom is -0.492 e. The Labute approximate surface area is 142 Å². The highest BCUT2D eigenvalue weighted by atomic mass is 16.5. The molecule has 2 aromatic carbocycles. The maximum Gasteiger partial charge on any atom is 0.251 e.